The first-order valence-electron chi connectivity index (χ1n) is 5.36. The van der Waals surface area contributed by atoms with Gasteiger partial charge in [-0.1, -0.05) is 0 Å². The SMILES string of the molecule is CCOC(C)CNC(=O)[C@@H]1CCCN1. The van der Waals surface area contributed by atoms with Gasteiger partial charge < -0.3 is 15.4 Å². The van der Waals surface area contributed by atoms with Crippen LogP contribution in [-0.4, -0.2) is 37.7 Å². The second kappa shape index (κ2) is 5.98. The molecule has 2 N–H and O–H groups in total. The number of amides is 1. The molecule has 1 amide bonds. The minimum absolute atomic E-state index is 0.0174. The summed E-state index contributed by atoms with van der Waals surface area (Å²) in [7, 11) is 0. The number of nitrogens with one attached hydrogen (secondary N) is 2. The van der Waals surface area contributed by atoms with Crippen LogP contribution in [0, 0.1) is 0 Å². The lowest BCUT2D eigenvalue weighted by Gasteiger charge is -2.15. The van der Waals surface area contributed by atoms with E-state index in [4.69, 9.17) is 4.74 Å². The van der Waals surface area contributed by atoms with Crippen LogP contribution in [0.3, 0.4) is 0 Å². The lowest BCUT2D eigenvalue weighted by Crippen LogP contribution is -2.43. The van der Waals surface area contributed by atoms with E-state index in [1.807, 2.05) is 13.8 Å². The average molecular weight is 200 g/mol. The minimum atomic E-state index is 0.0174. The molecule has 1 unspecified atom stereocenters. The summed E-state index contributed by atoms with van der Waals surface area (Å²) in [6, 6.07) is 0.0174. The predicted molar refractivity (Wildman–Crippen MR) is 55.1 cm³/mol. The van der Waals surface area contributed by atoms with E-state index in [0.29, 0.717) is 13.2 Å². The summed E-state index contributed by atoms with van der Waals surface area (Å²) in [5.41, 5.74) is 0. The van der Waals surface area contributed by atoms with Crippen LogP contribution in [0.15, 0.2) is 0 Å². The van der Waals surface area contributed by atoms with E-state index >= 15 is 0 Å². The third-order valence-electron chi connectivity index (χ3n) is 2.39. The van der Waals surface area contributed by atoms with E-state index in [2.05, 4.69) is 10.6 Å². The molecule has 0 aliphatic carbocycles. The molecular formula is C10H20N2O2. The Morgan fingerprint density at radius 3 is 3.07 bits per heavy atom. The van der Waals surface area contributed by atoms with Crippen molar-refractivity contribution in [3.8, 4) is 0 Å². The van der Waals surface area contributed by atoms with Gasteiger partial charge in [0.05, 0.1) is 12.1 Å². The van der Waals surface area contributed by atoms with Crippen molar-refractivity contribution < 1.29 is 9.53 Å². The summed E-state index contributed by atoms with van der Waals surface area (Å²) >= 11 is 0. The second-order valence-electron chi connectivity index (χ2n) is 3.66. The van der Waals surface area contributed by atoms with E-state index in [0.717, 1.165) is 19.4 Å². The van der Waals surface area contributed by atoms with Gasteiger partial charge in [-0.2, -0.15) is 0 Å². The van der Waals surface area contributed by atoms with Crippen molar-refractivity contribution in [3.05, 3.63) is 0 Å². The Morgan fingerprint density at radius 2 is 2.50 bits per heavy atom. The van der Waals surface area contributed by atoms with E-state index in [-0.39, 0.29) is 18.1 Å². The molecule has 2 atom stereocenters. The molecule has 0 aromatic rings. The second-order valence-corrected chi connectivity index (χ2v) is 3.66. The molecular weight excluding hydrogens is 180 g/mol. The highest BCUT2D eigenvalue weighted by atomic mass is 16.5. The molecule has 1 saturated heterocycles. The molecule has 82 valence electrons. The Hall–Kier alpha value is -0.610. The van der Waals surface area contributed by atoms with Gasteiger partial charge in [-0.15, -0.1) is 0 Å². The number of hydrogen-bond acceptors (Lipinski definition) is 3. The predicted octanol–water partition coefficient (Wildman–Crippen LogP) is 0.280. The molecule has 1 aliphatic rings. The number of carbonyl (C=O) groups is 1. The van der Waals surface area contributed by atoms with E-state index in [1.165, 1.54) is 0 Å². The van der Waals surface area contributed by atoms with Crippen molar-refractivity contribution in [2.75, 3.05) is 19.7 Å². The molecule has 0 spiro atoms. The zero-order chi connectivity index (χ0) is 10.4. The molecule has 1 heterocycles. The average Bonchev–Trinajstić information content (AvgIpc) is 2.67. The molecule has 0 radical (unpaired) electrons. The number of hydrogen-bond donors (Lipinski definition) is 2. The Morgan fingerprint density at radius 1 is 1.71 bits per heavy atom. The Kier molecular flexibility index (Phi) is 4.90. The van der Waals surface area contributed by atoms with Crippen LogP contribution >= 0.6 is 0 Å². The minimum Gasteiger partial charge on any atom is -0.377 e. The van der Waals surface area contributed by atoms with Crippen LogP contribution < -0.4 is 10.6 Å². The van der Waals surface area contributed by atoms with Gasteiger partial charge in [-0.3, -0.25) is 4.79 Å². The van der Waals surface area contributed by atoms with Crippen LogP contribution in [0.5, 0.6) is 0 Å². The zero-order valence-electron chi connectivity index (χ0n) is 9.01. The standard InChI is InChI=1S/C10H20N2O2/c1-3-14-8(2)7-12-10(13)9-5-4-6-11-9/h8-9,11H,3-7H2,1-2H3,(H,12,13)/t8?,9-/m0/s1. The van der Waals surface area contributed by atoms with Crippen LogP contribution in [0.1, 0.15) is 26.7 Å². The van der Waals surface area contributed by atoms with Gasteiger partial charge in [0.15, 0.2) is 0 Å². The smallest absolute Gasteiger partial charge is 0.237 e. The highest BCUT2D eigenvalue weighted by Gasteiger charge is 2.21. The van der Waals surface area contributed by atoms with Gasteiger partial charge in [-0.25, -0.2) is 0 Å². The third kappa shape index (κ3) is 3.64. The highest BCUT2D eigenvalue weighted by molar-refractivity contribution is 5.81. The third-order valence-corrected chi connectivity index (χ3v) is 2.39. The van der Waals surface area contributed by atoms with Gasteiger partial charge in [0.2, 0.25) is 5.91 Å². The number of ether oxygens (including phenoxy) is 1. The van der Waals surface area contributed by atoms with Crippen molar-refractivity contribution in [1.82, 2.24) is 10.6 Å². The first-order valence-corrected chi connectivity index (χ1v) is 5.36. The molecule has 0 aromatic heterocycles. The summed E-state index contributed by atoms with van der Waals surface area (Å²) in [4.78, 5) is 11.5. The Balaban J connectivity index is 2.13. The van der Waals surface area contributed by atoms with E-state index in [1.54, 1.807) is 0 Å². The first kappa shape index (κ1) is 11.5. The summed E-state index contributed by atoms with van der Waals surface area (Å²) in [6.45, 7) is 6.17. The topological polar surface area (TPSA) is 50.4 Å². The van der Waals surface area contributed by atoms with Crippen LogP contribution in [0.4, 0.5) is 0 Å². The van der Waals surface area contributed by atoms with Crippen LogP contribution in [-0.2, 0) is 9.53 Å². The fourth-order valence-electron chi connectivity index (χ4n) is 1.62. The van der Waals surface area contributed by atoms with Crippen molar-refractivity contribution in [2.45, 2.75) is 38.8 Å². The van der Waals surface area contributed by atoms with Crippen molar-refractivity contribution in [3.63, 3.8) is 0 Å². The fraction of sp³-hybridized carbons (Fsp3) is 0.900. The van der Waals surface area contributed by atoms with Gasteiger partial charge in [0.25, 0.3) is 0 Å². The molecule has 0 saturated carbocycles. The largest absolute Gasteiger partial charge is 0.377 e. The molecule has 1 rings (SSSR count). The maximum Gasteiger partial charge on any atom is 0.237 e. The fourth-order valence-corrected chi connectivity index (χ4v) is 1.62. The van der Waals surface area contributed by atoms with Gasteiger partial charge in [0.1, 0.15) is 0 Å². The Bertz CT molecular complexity index is 179. The number of carbonyl (C=O) groups excluding carboxylic acids is 1. The quantitative estimate of drug-likeness (QED) is 0.670. The molecule has 4 heteroatoms. The van der Waals surface area contributed by atoms with Gasteiger partial charge in [0, 0.05) is 13.2 Å². The summed E-state index contributed by atoms with van der Waals surface area (Å²) in [6.07, 6.45) is 2.15. The molecule has 14 heavy (non-hydrogen) atoms. The highest BCUT2D eigenvalue weighted by Crippen LogP contribution is 2.04. The molecule has 0 bridgehead atoms. The van der Waals surface area contributed by atoms with E-state index < -0.39 is 0 Å². The molecule has 1 aliphatic heterocycles. The monoisotopic (exact) mass is 200 g/mol. The van der Waals surface area contributed by atoms with Crippen LogP contribution in [0.25, 0.3) is 0 Å². The van der Waals surface area contributed by atoms with Gasteiger partial charge >= 0.3 is 0 Å². The first-order chi connectivity index (χ1) is 6.74. The summed E-state index contributed by atoms with van der Waals surface area (Å²) < 4.78 is 5.32. The van der Waals surface area contributed by atoms with Crippen LogP contribution in [0.2, 0.25) is 0 Å². The van der Waals surface area contributed by atoms with Crippen molar-refractivity contribution >= 4 is 5.91 Å². The lowest BCUT2D eigenvalue weighted by atomic mass is 10.2. The van der Waals surface area contributed by atoms with E-state index in [9.17, 15) is 4.79 Å². The maximum absolute atomic E-state index is 11.5. The lowest BCUT2D eigenvalue weighted by molar-refractivity contribution is -0.123. The normalized spacial score (nSPS) is 23.4. The molecule has 4 nitrogen and oxygen atoms in total. The summed E-state index contributed by atoms with van der Waals surface area (Å²) in [5, 5.41) is 6.04. The maximum atomic E-state index is 11.5. The molecule has 0 aromatic carbocycles. The summed E-state index contributed by atoms with van der Waals surface area (Å²) in [5.74, 6) is 0.106. The zero-order valence-corrected chi connectivity index (χ0v) is 9.01. The van der Waals surface area contributed by atoms with Gasteiger partial charge in [-0.05, 0) is 33.2 Å². The van der Waals surface area contributed by atoms with Crippen molar-refractivity contribution in [1.29, 1.82) is 0 Å². The van der Waals surface area contributed by atoms with Crippen molar-refractivity contribution in [2.24, 2.45) is 0 Å². The molecule has 1 fully saturated rings. The Labute approximate surface area is 85.4 Å². The number of rotatable bonds is 5.